The highest BCUT2D eigenvalue weighted by molar-refractivity contribution is 5.96. The number of ketones is 1. The Bertz CT molecular complexity index is 1140. The number of hydrogen-bond acceptors (Lipinski definition) is 4. The molecule has 4 rings (SSSR count). The Labute approximate surface area is 194 Å². The highest BCUT2D eigenvalue weighted by Gasteiger charge is 2.35. The van der Waals surface area contributed by atoms with Crippen molar-refractivity contribution in [1.29, 1.82) is 0 Å². The third-order valence-electron chi connectivity index (χ3n) is 6.79. The van der Waals surface area contributed by atoms with Gasteiger partial charge in [-0.05, 0) is 53.4 Å². The second-order valence-corrected chi connectivity index (χ2v) is 10.1. The van der Waals surface area contributed by atoms with Crippen LogP contribution in [-0.4, -0.2) is 31.6 Å². The Kier molecular flexibility index (Phi) is 6.45. The van der Waals surface area contributed by atoms with Gasteiger partial charge in [-0.25, -0.2) is 14.5 Å². The topological polar surface area (TPSA) is 85.1 Å². The molecule has 3 aromatic rings. The zero-order valence-corrected chi connectivity index (χ0v) is 19.5. The van der Waals surface area contributed by atoms with Gasteiger partial charge < -0.3 is 5.11 Å². The van der Waals surface area contributed by atoms with E-state index in [9.17, 15) is 14.7 Å². The minimum Gasteiger partial charge on any atom is -0.478 e. The normalized spacial score (nSPS) is 18.8. The van der Waals surface area contributed by atoms with Crippen LogP contribution in [0, 0.1) is 17.3 Å². The van der Waals surface area contributed by atoms with Gasteiger partial charge in [-0.15, -0.1) is 5.10 Å². The molecule has 1 aliphatic carbocycles. The number of aromatic nitrogens is 3. The van der Waals surface area contributed by atoms with Crippen molar-refractivity contribution < 1.29 is 14.7 Å². The van der Waals surface area contributed by atoms with E-state index in [2.05, 4.69) is 30.9 Å². The molecule has 0 saturated heterocycles. The Morgan fingerprint density at radius 2 is 1.79 bits per heavy atom. The van der Waals surface area contributed by atoms with Crippen molar-refractivity contribution in [3.63, 3.8) is 0 Å². The maximum atomic E-state index is 13.0. The molecule has 6 heteroatoms. The number of carboxylic acid groups (broad SMARTS) is 1. The summed E-state index contributed by atoms with van der Waals surface area (Å²) in [5.74, 6) is -0.0226. The van der Waals surface area contributed by atoms with Gasteiger partial charge in [0.15, 0.2) is 0 Å². The van der Waals surface area contributed by atoms with E-state index in [4.69, 9.17) is 0 Å². The largest absolute Gasteiger partial charge is 0.478 e. The molecule has 2 atom stereocenters. The molecular formula is C27H31N3O3. The number of rotatable bonds is 6. The summed E-state index contributed by atoms with van der Waals surface area (Å²) in [7, 11) is 0. The molecule has 172 valence electrons. The number of hydrogen-bond donors (Lipinski definition) is 1. The number of carboxylic acids is 1. The van der Waals surface area contributed by atoms with E-state index in [1.54, 1.807) is 23.1 Å². The minimum atomic E-state index is -0.943. The van der Waals surface area contributed by atoms with Crippen LogP contribution in [0.5, 0.6) is 0 Å². The lowest BCUT2D eigenvalue weighted by molar-refractivity contribution is 0.0697. The van der Waals surface area contributed by atoms with E-state index in [-0.39, 0.29) is 22.7 Å². The first kappa shape index (κ1) is 22.9. The molecular weight excluding hydrogens is 414 g/mol. The first-order chi connectivity index (χ1) is 15.7. The Hall–Kier alpha value is -3.28. The molecule has 1 aromatic heterocycles. The summed E-state index contributed by atoms with van der Waals surface area (Å²) in [5, 5.41) is 13.9. The number of benzene rings is 2. The van der Waals surface area contributed by atoms with Crippen LogP contribution in [0.2, 0.25) is 0 Å². The average Bonchev–Trinajstić information content (AvgIpc) is 3.27. The summed E-state index contributed by atoms with van der Waals surface area (Å²) in [5.41, 5.74) is 3.02. The lowest BCUT2D eigenvalue weighted by atomic mass is 9.68. The Morgan fingerprint density at radius 3 is 2.48 bits per heavy atom. The summed E-state index contributed by atoms with van der Waals surface area (Å²) in [6.45, 7) is 7.26. The van der Waals surface area contributed by atoms with E-state index >= 15 is 0 Å². The molecule has 0 aliphatic heterocycles. The van der Waals surface area contributed by atoms with Gasteiger partial charge in [0.1, 0.15) is 6.33 Å². The summed E-state index contributed by atoms with van der Waals surface area (Å²) in [6, 6.07) is 14.7. The SMILES string of the molecule is CC(C)(C)C1CCCC(C(=O)c2ncn(Cc3ccc(-c4ccccc4C(=O)O)cc3)n2)C1. The van der Waals surface area contributed by atoms with Crippen LogP contribution in [0.25, 0.3) is 11.1 Å². The smallest absolute Gasteiger partial charge is 0.336 e. The molecule has 6 nitrogen and oxygen atoms in total. The lowest BCUT2D eigenvalue weighted by Gasteiger charge is -2.36. The van der Waals surface area contributed by atoms with Gasteiger partial charge in [0.2, 0.25) is 11.6 Å². The van der Waals surface area contributed by atoms with Crippen molar-refractivity contribution in [2.24, 2.45) is 17.3 Å². The molecule has 1 fully saturated rings. The maximum absolute atomic E-state index is 13.0. The van der Waals surface area contributed by atoms with Crippen molar-refractivity contribution in [1.82, 2.24) is 14.8 Å². The van der Waals surface area contributed by atoms with Crippen LogP contribution in [-0.2, 0) is 6.54 Å². The van der Waals surface area contributed by atoms with Crippen LogP contribution in [0.15, 0.2) is 54.9 Å². The third-order valence-corrected chi connectivity index (χ3v) is 6.79. The Balaban J connectivity index is 1.44. The van der Waals surface area contributed by atoms with Gasteiger partial charge in [-0.3, -0.25) is 4.79 Å². The fourth-order valence-electron chi connectivity index (χ4n) is 4.78. The van der Waals surface area contributed by atoms with Crippen molar-refractivity contribution >= 4 is 11.8 Å². The van der Waals surface area contributed by atoms with Crippen molar-refractivity contribution in [3.8, 4) is 11.1 Å². The monoisotopic (exact) mass is 445 g/mol. The van der Waals surface area contributed by atoms with E-state index < -0.39 is 5.97 Å². The van der Waals surface area contributed by atoms with Gasteiger partial charge in [0.05, 0.1) is 12.1 Å². The molecule has 1 heterocycles. The van der Waals surface area contributed by atoms with Crippen LogP contribution in [0.4, 0.5) is 0 Å². The predicted octanol–water partition coefficient (Wildman–Crippen LogP) is 5.73. The summed E-state index contributed by atoms with van der Waals surface area (Å²) in [4.78, 5) is 28.8. The zero-order chi connectivity index (χ0) is 23.6. The van der Waals surface area contributed by atoms with E-state index in [1.807, 2.05) is 36.4 Å². The van der Waals surface area contributed by atoms with Crippen LogP contribution >= 0.6 is 0 Å². The predicted molar refractivity (Wildman–Crippen MR) is 127 cm³/mol. The van der Waals surface area contributed by atoms with Crippen molar-refractivity contribution in [2.75, 3.05) is 0 Å². The lowest BCUT2D eigenvalue weighted by Crippen LogP contribution is -2.30. The molecule has 0 amide bonds. The average molecular weight is 446 g/mol. The zero-order valence-electron chi connectivity index (χ0n) is 19.5. The first-order valence-electron chi connectivity index (χ1n) is 11.6. The van der Waals surface area contributed by atoms with Gasteiger partial charge in [0.25, 0.3) is 0 Å². The molecule has 1 saturated carbocycles. The maximum Gasteiger partial charge on any atom is 0.336 e. The van der Waals surface area contributed by atoms with E-state index in [0.29, 0.717) is 23.9 Å². The molecule has 0 spiro atoms. The Morgan fingerprint density at radius 1 is 1.06 bits per heavy atom. The number of carbonyl (C=O) groups is 2. The number of Topliss-reactive ketones (excluding diaryl/α,β-unsaturated/α-hetero) is 1. The first-order valence-corrected chi connectivity index (χ1v) is 11.6. The molecule has 33 heavy (non-hydrogen) atoms. The fraction of sp³-hybridized carbons (Fsp3) is 0.407. The molecule has 2 aromatic carbocycles. The standard InChI is InChI=1S/C27H31N3O3/c1-27(2,3)21-8-6-7-20(15-21)24(31)25-28-17-30(29-25)16-18-11-13-19(14-12-18)22-9-4-5-10-23(22)26(32)33/h4-5,9-14,17,20-21H,6-8,15-16H2,1-3H3,(H,32,33). The molecule has 1 N–H and O–H groups in total. The highest BCUT2D eigenvalue weighted by Crippen LogP contribution is 2.41. The van der Waals surface area contributed by atoms with Crippen LogP contribution < -0.4 is 0 Å². The van der Waals surface area contributed by atoms with Gasteiger partial charge in [-0.1, -0.05) is 69.7 Å². The summed E-state index contributed by atoms with van der Waals surface area (Å²) in [6.07, 6.45) is 5.71. The molecule has 0 radical (unpaired) electrons. The molecule has 1 aliphatic rings. The summed E-state index contributed by atoms with van der Waals surface area (Å²) >= 11 is 0. The summed E-state index contributed by atoms with van der Waals surface area (Å²) < 4.78 is 1.69. The minimum absolute atomic E-state index is 0.00686. The fourth-order valence-corrected chi connectivity index (χ4v) is 4.78. The quantitative estimate of drug-likeness (QED) is 0.490. The highest BCUT2D eigenvalue weighted by atomic mass is 16.4. The van der Waals surface area contributed by atoms with Crippen LogP contribution in [0.1, 0.15) is 73.0 Å². The van der Waals surface area contributed by atoms with Gasteiger partial charge in [0, 0.05) is 5.92 Å². The van der Waals surface area contributed by atoms with Gasteiger partial charge >= 0.3 is 5.97 Å². The number of aromatic carboxylic acids is 1. The molecule has 2 unspecified atom stereocenters. The second kappa shape index (κ2) is 9.30. The third kappa shape index (κ3) is 5.21. The van der Waals surface area contributed by atoms with E-state index in [0.717, 1.165) is 30.4 Å². The second-order valence-electron chi connectivity index (χ2n) is 10.1. The van der Waals surface area contributed by atoms with Crippen molar-refractivity contribution in [3.05, 3.63) is 71.8 Å². The number of carbonyl (C=O) groups excluding carboxylic acids is 1. The number of nitrogens with zero attached hydrogens (tertiary/aromatic N) is 3. The van der Waals surface area contributed by atoms with Crippen molar-refractivity contribution in [2.45, 2.75) is 53.0 Å². The molecule has 0 bridgehead atoms. The van der Waals surface area contributed by atoms with E-state index in [1.165, 1.54) is 6.42 Å². The van der Waals surface area contributed by atoms with Gasteiger partial charge in [-0.2, -0.15) is 0 Å². The van der Waals surface area contributed by atoms with Crippen LogP contribution in [0.3, 0.4) is 0 Å².